The second-order valence-electron chi connectivity index (χ2n) is 8.05. The number of carbonyl (C=O) groups is 4. The van der Waals surface area contributed by atoms with Crippen molar-refractivity contribution in [3.05, 3.63) is 65.1 Å². The zero-order valence-corrected chi connectivity index (χ0v) is 19.3. The fraction of sp³-hybridized carbons (Fsp3) is 0.231. The second kappa shape index (κ2) is 10.5. The topological polar surface area (TPSA) is 104 Å². The largest absolute Gasteiger partial charge is 0.481 e. The van der Waals surface area contributed by atoms with E-state index in [1.807, 2.05) is 48.5 Å². The number of carboxylic acid groups (broad SMARTS) is 1. The van der Waals surface area contributed by atoms with Gasteiger partial charge in [0, 0.05) is 13.0 Å². The number of aliphatic carboxylic acids is 1. The van der Waals surface area contributed by atoms with Crippen LogP contribution in [0.2, 0.25) is 0 Å². The first-order valence-corrected chi connectivity index (χ1v) is 11.9. The summed E-state index contributed by atoms with van der Waals surface area (Å²) in [6.45, 7) is 0.0277. The summed E-state index contributed by atoms with van der Waals surface area (Å²) >= 11 is 0.836. The van der Waals surface area contributed by atoms with Gasteiger partial charge in [-0.15, -0.1) is 0 Å². The summed E-state index contributed by atoms with van der Waals surface area (Å²) in [5.74, 6) is -1.74. The van der Waals surface area contributed by atoms with Crippen LogP contribution in [0.3, 0.4) is 0 Å². The molecule has 1 aliphatic heterocycles. The number of amides is 3. The molecule has 1 heterocycles. The zero-order valence-electron chi connectivity index (χ0n) is 18.5. The fourth-order valence-corrected chi connectivity index (χ4v) is 4.80. The van der Waals surface area contributed by atoms with Crippen molar-refractivity contribution >= 4 is 62.4 Å². The maximum absolute atomic E-state index is 13.0. The van der Waals surface area contributed by atoms with Crippen molar-refractivity contribution in [1.29, 1.82) is 0 Å². The maximum atomic E-state index is 13.0. The highest BCUT2D eigenvalue weighted by Gasteiger charge is 2.36. The van der Waals surface area contributed by atoms with Gasteiger partial charge < -0.3 is 10.4 Å². The summed E-state index contributed by atoms with van der Waals surface area (Å²) in [4.78, 5) is 49.5. The Bertz CT molecular complexity index is 1260. The Kier molecular flexibility index (Phi) is 7.27. The minimum absolute atomic E-state index is 0.100. The molecule has 0 bridgehead atoms. The Morgan fingerprint density at radius 3 is 2.24 bits per heavy atom. The quantitative estimate of drug-likeness (QED) is 0.261. The molecule has 0 saturated carbocycles. The van der Waals surface area contributed by atoms with Crippen molar-refractivity contribution < 1.29 is 24.3 Å². The standard InChI is InChI=1S/C26H24N2O5S/c29-23(27-13-7-1-2-12-24(30)31)16-28-25(32)22(34-26(28)33)15-21-19-10-5-3-8-17(19)14-18-9-4-6-11-20(18)21/h3-6,8-11,14-15H,1-2,7,12-13,16H2,(H,27,29)(H,30,31)/b22-15-. The average Bonchev–Trinajstić information content (AvgIpc) is 3.08. The minimum atomic E-state index is -0.840. The number of carbonyl (C=O) groups excluding carboxylic acids is 3. The van der Waals surface area contributed by atoms with Crippen LogP contribution in [0.5, 0.6) is 0 Å². The lowest BCUT2D eigenvalue weighted by Crippen LogP contribution is -2.39. The summed E-state index contributed by atoms with van der Waals surface area (Å²) in [6.07, 6.45) is 3.70. The number of unbranched alkanes of at least 4 members (excludes halogenated alkanes) is 2. The minimum Gasteiger partial charge on any atom is -0.481 e. The molecular weight excluding hydrogens is 452 g/mol. The van der Waals surface area contributed by atoms with Gasteiger partial charge in [0.15, 0.2) is 0 Å². The van der Waals surface area contributed by atoms with Gasteiger partial charge in [0.1, 0.15) is 6.54 Å². The average molecular weight is 477 g/mol. The Morgan fingerprint density at radius 1 is 0.941 bits per heavy atom. The number of thioether (sulfide) groups is 1. The number of nitrogens with zero attached hydrogens (tertiary/aromatic N) is 1. The van der Waals surface area contributed by atoms with Crippen LogP contribution in [0.15, 0.2) is 59.5 Å². The molecule has 7 nitrogen and oxygen atoms in total. The smallest absolute Gasteiger partial charge is 0.303 e. The number of rotatable bonds is 9. The SMILES string of the molecule is O=C(O)CCCCCNC(=O)CN1C(=O)S/C(=C\c2c3ccccc3cc3ccccc23)C1=O. The molecule has 3 amide bonds. The molecule has 3 aromatic rings. The third-order valence-corrected chi connectivity index (χ3v) is 6.56. The van der Waals surface area contributed by atoms with Crippen LogP contribution in [0.1, 0.15) is 31.2 Å². The first-order valence-electron chi connectivity index (χ1n) is 11.1. The molecule has 2 N–H and O–H groups in total. The molecule has 4 rings (SSSR count). The Labute approximate surface area is 200 Å². The Hall–Kier alpha value is -3.65. The summed E-state index contributed by atoms with van der Waals surface area (Å²) < 4.78 is 0. The molecule has 3 aromatic carbocycles. The van der Waals surface area contributed by atoms with E-state index < -0.39 is 23.0 Å². The summed E-state index contributed by atoms with van der Waals surface area (Å²) in [6, 6.07) is 17.9. The van der Waals surface area contributed by atoms with Gasteiger partial charge in [-0.25, -0.2) is 0 Å². The van der Waals surface area contributed by atoms with Crippen molar-refractivity contribution in [3.8, 4) is 0 Å². The number of hydrogen-bond donors (Lipinski definition) is 2. The molecule has 174 valence electrons. The lowest BCUT2D eigenvalue weighted by atomic mass is 9.96. The molecular formula is C26H24N2O5S. The number of carboxylic acids is 1. The highest BCUT2D eigenvalue weighted by atomic mass is 32.2. The van der Waals surface area contributed by atoms with E-state index in [1.54, 1.807) is 6.08 Å². The van der Waals surface area contributed by atoms with Crippen molar-refractivity contribution in [2.45, 2.75) is 25.7 Å². The molecule has 0 atom stereocenters. The number of hydrogen-bond acceptors (Lipinski definition) is 5. The van der Waals surface area contributed by atoms with E-state index in [1.165, 1.54) is 0 Å². The van der Waals surface area contributed by atoms with E-state index in [9.17, 15) is 19.2 Å². The van der Waals surface area contributed by atoms with Crippen LogP contribution in [0, 0.1) is 0 Å². The van der Waals surface area contributed by atoms with Gasteiger partial charge in [-0.05, 0) is 63.9 Å². The van der Waals surface area contributed by atoms with E-state index in [0.717, 1.165) is 43.8 Å². The molecule has 34 heavy (non-hydrogen) atoms. The third kappa shape index (κ3) is 5.28. The van der Waals surface area contributed by atoms with Crippen LogP contribution < -0.4 is 5.32 Å². The van der Waals surface area contributed by atoms with E-state index in [-0.39, 0.29) is 17.9 Å². The van der Waals surface area contributed by atoms with E-state index in [0.29, 0.717) is 25.8 Å². The number of benzene rings is 3. The fourth-order valence-electron chi connectivity index (χ4n) is 3.98. The van der Waals surface area contributed by atoms with Gasteiger partial charge in [0.05, 0.1) is 4.91 Å². The molecule has 8 heteroatoms. The molecule has 0 radical (unpaired) electrons. The number of fused-ring (bicyclic) bond motifs is 2. The van der Waals surface area contributed by atoms with Crippen molar-refractivity contribution in [2.75, 3.05) is 13.1 Å². The van der Waals surface area contributed by atoms with E-state index in [2.05, 4.69) is 11.4 Å². The molecule has 0 aliphatic carbocycles. The van der Waals surface area contributed by atoms with Crippen LogP contribution >= 0.6 is 11.8 Å². The van der Waals surface area contributed by atoms with Crippen LogP contribution in [0.4, 0.5) is 4.79 Å². The van der Waals surface area contributed by atoms with Gasteiger partial charge in [0.2, 0.25) is 5.91 Å². The maximum Gasteiger partial charge on any atom is 0.303 e. The Balaban J connectivity index is 1.48. The number of nitrogens with one attached hydrogen (secondary N) is 1. The molecule has 0 aromatic heterocycles. The molecule has 1 fully saturated rings. The van der Waals surface area contributed by atoms with Crippen LogP contribution in [0.25, 0.3) is 27.6 Å². The molecule has 1 aliphatic rings. The van der Waals surface area contributed by atoms with Gasteiger partial charge in [-0.3, -0.25) is 24.1 Å². The monoisotopic (exact) mass is 476 g/mol. The predicted molar refractivity (Wildman–Crippen MR) is 133 cm³/mol. The third-order valence-electron chi connectivity index (χ3n) is 5.65. The van der Waals surface area contributed by atoms with Crippen molar-refractivity contribution in [3.63, 3.8) is 0 Å². The van der Waals surface area contributed by atoms with Crippen molar-refractivity contribution in [1.82, 2.24) is 10.2 Å². The zero-order chi connectivity index (χ0) is 24.1. The second-order valence-corrected chi connectivity index (χ2v) is 9.05. The summed E-state index contributed by atoms with van der Waals surface area (Å²) in [5, 5.41) is 14.9. The number of imide groups is 1. The highest BCUT2D eigenvalue weighted by Crippen LogP contribution is 2.36. The van der Waals surface area contributed by atoms with E-state index in [4.69, 9.17) is 5.11 Å². The van der Waals surface area contributed by atoms with Gasteiger partial charge >= 0.3 is 5.97 Å². The summed E-state index contributed by atoms with van der Waals surface area (Å²) in [5.41, 5.74) is 0.866. The van der Waals surface area contributed by atoms with Crippen molar-refractivity contribution in [2.24, 2.45) is 0 Å². The first-order chi connectivity index (χ1) is 16.4. The first kappa shape index (κ1) is 23.5. The Morgan fingerprint density at radius 2 is 1.59 bits per heavy atom. The molecule has 0 spiro atoms. The lowest BCUT2D eigenvalue weighted by molar-refractivity contribution is -0.137. The lowest BCUT2D eigenvalue weighted by Gasteiger charge is -2.12. The van der Waals surface area contributed by atoms with Crippen LogP contribution in [-0.4, -0.2) is 46.1 Å². The van der Waals surface area contributed by atoms with Gasteiger partial charge in [-0.1, -0.05) is 55.0 Å². The van der Waals surface area contributed by atoms with E-state index >= 15 is 0 Å². The molecule has 1 saturated heterocycles. The van der Waals surface area contributed by atoms with Gasteiger partial charge in [0.25, 0.3) is 11.1 Å². The predicted octanol–water partition coefficient (Wildman–Crippen LogP) is 4.79. The molecule has 0 unspecified atom stereocenters. The normalized spacial score (nSPS) is 14.9. The van der Waals surface area contributed by atoms with Gasteiger partial charge in [-0.2, -0.15) is 0 Å². The van der Waals surface area contributed by atoms with Crippen LogP contribution in [-0.2, 0) is 14.4 Å². The highest BCUT2D eigenvalue weighted by molar-refractivity contribution is 8.18. The summed E-state index contributed by atoms with van der Waals surface area (Å²) in [7, 11) is 0.